The van der Waals surface area contributed by atoms with Crippen LogP contribution in [0.5, 0.6) is 5.75 Å². The number of hydrogen-bond acceptors (Lipinski definition) is 3. The lowest BCUT2D eigenvalue weighted by molar-refractivity contribution is -0.142. The molecule has 126 valence electrons. The third kappa shape index (κ3) is 5.43. The van der Waals surface area contributed by atoms with Crippen molar-refractivity contribution in [3.63, 3.8) is 0 Å². The first-order valence-electron chi connectivity index (χ1n) is 7.72. The number of carbonyl (C=O) groups is 2. The van der Waals surface area contributed by atoms with Crippen LogP contribution < -0.4 is 10.1 Å². The fourth-order valence-electron chi connectivity index (χ4n) is 2.13. The maximum atomic E-state index is 12.5. The Morgan fingerprint density at radius 3 is 2.35 bits per heavy atom. The molecule has 5 nitrogen and oxygen atoms in total. The van der Waals surface area contributed by atoms with Crippen LogP contribution in [0, 0.1) is 5.92 Å². The van der Waals surface area contributed by atoms with Gasteiger partial charge in [-0.3, -0.25) is 9.59 Å². The van der Waals surface area contributed by atoms with Gasteiger partial charge < -0.3 is 15.0 Å². The monoisotopic (exact) mass is 318 g/mol. The third-order valence-electron chi connectivity index (χ3n) is 3.56. The van der Waals surface area contributed by atoms with Crippen molar-refractivity contribution in [2.45, 2.75) is 33.4 Å². The first-order valence-corrected chi connectivity index (χ1v) is 7.72. The lowest BCUT2D eigenvalue weighted by Gasteiger charge is -2.30. The molecule has 1 N–H and O–H groups in total. The summed E-state index contributed by atoms with van der Waals surface area (Å²) in [7, 11) is 1.61. The number of rotatable bonds is 8. The Morgan fingerprint density at radius 2 is 1.87 bits per heavy atom. The van der Waals surface area contributed by atoms with Crippen LogP contribution in [0.2, 0.25) is 0 Å². The average molecular weight is 318 g/mol. The summed E-state index contributed by atoms with van der Waals surface area (Å²) in [4.78, 5) is 26.3. The Balaban J connectivity index is 2.92. The van der Waals surface area contributed by atoms with Gasteiger partial charge in [-0.1, -0.05) is 32.1 Å². The fraction of sp³-hybridized carbons (Fsp3) is 0.444. The molecule has 1 aromatic carbocycles. The topological polar surface area (TPSA) is 58.6 Å². The van der Waals surface area contributed by atoms with Crippen LogP contribution >= 0.6 is 0 Å². The van der Waals surface area contributed by atoms with Crippen LogP contribution in [0.3, 0.4) is 0 Å². The van der Waals surface area contributed by atoms with Gasteiger partial charge in [-0.2, -0.15) is 0 Å². The van der Waals surface area contributed by atoms with E-state index in [1.165, 1.54) is 0 Å². The van der Waals surface area contributed by atoms with Crippen molar-refractivity contribution >= 4 is 11.8 Å². The first kappa shape index (κ1) is 18.7. The molecular formula is C18H26N2O3. The molecule has 0 fully saturated rings. The summed E-state index contributed by atoms with van der Waals surface area (Å²) in [6.07, 6.45) is 1.61. The molecule has 5 heteroatoms. The number of methoxy groups -OCH3 is 1. The Labute approximate surface area is 138 Å². The second-order valence-electron chi connectivity index (χ2n) is 5.68. The van der Waals surface area contributed by atoms with E-state index in [0.29, 0.717) is 13.1 Å². The van der Waals surface area contributed by atoms with Crippen LogP contribution in [-0.2, 0) is 16.1 Å². The predicted molar refractivity (Wildman–Crippen MR) is 91.1 cm³/mol. The van der Waals surface area contributed by atoms with E-state index in [1.807, 2.05) is 38.1 Å². The molecule has 0 unspecified atom stereocenters. The summed E-state index contributed by atoms with van der Waals surface area (Å²) in [6.45, 7) is 9.74. The summed E-state index contributed by atoms with van der Waals surface area (Å²) < 4.78 is 5.14. The molecule has 2 amide bonds. The Bertz CT molecular complexity index is 538. The molecule has 1 atom stereocenters. The van der Waals surface area contributed by atoms with Gasteiger partial charge in [0, 0.05) is 19.0 Å². The summed E-state index contributed by atoms with van der Waals surface area (Å²) in [6, 6.07) is 6.93. The molecule has 1 aromatic rings. The molecule has 0 radical (unpaired) electrons. The molecule has 0 heterocycles. The van der Waals surface area contributed by atoms with E-state index in [0.717, 1.165) is 11.3 Å². The van der Waals surface area contributed by atoms with E-state index in [2.05, 4.69) is 11.9 Å². The number of benzene rings is 1. The minimum atomic E-state index is -0.549. The smallest absolute Gasteiger partial charge is 0.242 e. The van der Waals surface area contributed by atoms with Gasteiger partial charge in [-0.15, -0.1) is 6.58 Å². The van der Waals surface area contributed by atoms with Crippen molar-refractivity contribution in [1.29, 1.82) is 0 Å². The quantitative estimate of drug-likeness (QED) is 0.749. The van der Waals surface area contributed by atoms with Crippen LogP contribution in [0.25, 0.3) is 0 Å². The Morgan fingerprint density at radius 1 is 1.26 bits per heavy atom. The average Bonchev–Trinajstić information content (AvgIpc) is 2.56. The van der Waals surface area contributed by atoms with Gasteiger partial charge in [-0.25, -0.2) is 0 Å². The van der Waals surface area contributed by atoms with Crippen molar-refractivity contribution < 1.29 is 14.3 Å². The molecular weight excluding hydrogens is 292 g/mol. The highest BCUT2D eigenvalue weighted by molar-refractivity contribution is 5.88. The highest BCUT2D eigenvalue weighted by Gasteiger charge is 2.27. The van der Waals surface area contributed by atoms with Crippen molar-refractivity contribution in [3.05, 3.63) is 42.5 Å². The Kier molecular flexibility index (Phi) is 7.32. The highest BCUT2D eigenvalue weighted by atomic mass is 16.5. The largest absolute Gasteiger partial charge is 0.497 e. The van der Waals surface area contributed by atoms with E-state index in [1.54, 1.807) is 25.0 Å². The summed E-state index contributed by atoms with van der Waals surface area (Å²) in [5.74, 6) is 0.338. The number of nitrogens with one attached hydrogen (secondary N) is 1. The van der Waals surface area contributed by atoms with Crippen molar-refractivity contribution in [2.75, 3.05) is 13.7 Å². The number of amides is 2. The standard InChI is InChI=1S/C18H26N2O3/c1-6-11-19-17(21)14(4)20(18(22)13(2)3)12-15-7-9-16(23-5)10-8-15/h6-10,13-14H,1,11-12H2,2-5H3,(H,19,21)/t14-/m0/s1. The molecule has 0 spiro atoms. The number of nitrogens with zero attached hydrogens (tertiary/aromatic N) is 1. The number of ether oxygens (including phenoxy) is 1. The normalized spacial score (nSPS) is 11.7. The number of carbonyl (C=O) groups excluding carboxylic acids is 2. The second-order valence-corrected chi connectivity index (χ2v) is 5.68. The minimum Gasteiger partial charge on any atom is -0.497 e. The van der Waals surface area contributed by atoms with Crippen LogP contribution in [0.4, 0.5) is 0 Å². The molecule has 0 bridgehead atoms. The zero-order valence-corrected chi connectivity index (χ0v) is 14.3. The van der Waals surface area contributed by atoms with Gasteiger partial charge in [0.15, 0.2) is 0 Å². The van der Waals surface area contributed by atoms with Crippen molar-refractivity contribution in [2.24, 2.45) is 5.92 Å². The molecule has 0 aliphatic carbocycles. The third-order valence-corrected chi connectivity index (χ3v) is 3.56. The van der Waals surface area contributed by atoms with Gasteiger partial charge >= 0.3 is 0 Å². The zero-order valence-electron chi connectivity index (χ0n) is 14.3. The molecule has 0 aliphatic rings. The van der Waals surface area contributed by atoms with Gasteiger partial charge in [0.05, 0.1) is 7.11 Å². The molecule has 0 saturated heterocycles. The van der Waals surface area contributed by atoms with E-state index in [9.17, 15) is 9.59 Å². The van der Waals surface area contributed by atoms with Crippen LogP contribution in [0.15, 0.2) is 36.9 Å². The van der Waals surface area contributed by atoms with Gasteiger partial charge in [0.2, 0.25) is 11.8 Å². The van der Waals surface area contributed by atoms with E-state index < -0.39 is 6.04 Å². The maximum Gasteiger partial charge on any atom is 0.242 e. The van der Waals surface area contributed by atoms with Gasteiger partial charge in [-0.05, 0) is 24.6 Å². The lowest BCUT2D eigenvalue weighted by Crippen LogP contribution is -2.48. The number of hydrogen-bond donors (Lipinski definition) is 1. The Hall–Kier alpha value is -2.30. The maximum absolute atomic E-state index is 12.5. The lowest BCUT2D eigenvalue weighted by atomic mass is 10.1. The molecule has 0 aromatic heterocycles. The molecule has 0 saturated carbocycles. The molecule has 1 rings (SSSR count). The molecule has 0 aliphatic heterocycles. The predicted octanol–water partition coefficient (Wildman–Crippen LogP) is 2.37. The highest BCUT2D eigenvalue weighted by Crippen LogP contribution is 2.16. The summed E-state index contributed by atoms with van der Waals surface area (Å²) >= 11 is 0. The van der Waals surface area contributed by atoms with Gasteiger partial charge in [0.25, 0.3) is 0 Å². The SMILES string of the molecule is C=CCNC(=O)[C@H](C)N(Cc1ccc(OC)cc1)C(=O)C(C)C. The zero-order chi connectivity index (χ0) is 17.4. The summed E-state index contributed by atoms with van der Waals surface area (Å²) in [5.41, 5.74) is 0.947. The van der Waals surface area contributed by atoms with Crippen molar-refractivity contribution in [1.82, 2.24) is 10.2 Å². The van der Waals surface area contributed by atoms with E-state index in [4.69, 9.17) is 4.74 Å². The fourth-order valence-corrected chi connectivity index (χ4v) is 2.13. The van der Waals surface area contributed by atoms with Gasteiger partial charge in [0.1, 0.15) is 11.8 Å². The first-order chi connectivity index (χ1) is 10.9. The second kappa shape index (κ2) is 8.98. The van der Waals surface area contributed by atoms with E-state index in [-0.39, 0.29) is 17.7 Å². The van der Waals surface area contributed by atoms with E-state index >= 15 is 0 Å². The van der Waals surface area contributed by atoms with Crippen LogP contribution in [0.1, 0.15) is 26.3 Å². The summed E-state index contributed by atoms with van der Waals surface area (Å²) in [5, 5.41) is 2.74. The minimum absolute atomic E-state index is 0.0536. The molecule has 23 heavy (non-hydrogen) atoms. The van der Waals surface area contributed by atoms with Crippen LogP contribution in [-0.4, -0.2) is 36.4 Å². The van der Waals surface area contributed by atoms with Crippen molar-refractivity contribution in [3.8, 4) is 5.75 Å².